The maximum Gasteiger partial charge on any atom is 0.376 e. The normalized spacial score (nSPS) is 10.2. The molecule has 0 aliphatic carbocycles. The van der Waals surface area contributed by atoms with Crippen LogP contribution >= 0.6 is 11.3 Å². The van der Waals surface area contributed by atoms with E-state index in [1.54, 1.807) is 30.5 Å². The number of esters is 1. The molecule has 0 aromatic carbocycles. The van der Waals surface area contributed by atoms with Gasteiger partial charge in [-0.1, -0.05) is 0 Å². The third kappa shape index (κ3) is 2.50. The molecule has 0 saturated carbocycles. The molecule has 5 heteroatoms. The molecule has 0 aliphatic rings. The second kappa shape index (κ2) is 5.05. The highest BCUT2D eigenvalue weighted by Gasteiger charge is 2.12. The maximum atomic E-state index is 11.5. The molecule has 0 unspecified atom stereocenters. The molecule has 0 N–H and O–H groups in total. The molecule has 17 heavy (non-hydrogen) atoms. The number of hydrogen-bond acceptors (Lipinski definition) is 5. The summed E-state index contributed by atoms with van der Waals surface area (Å²) in [5.41, 5.74) is 1.90. The van der Waals surface area contributed by atoms with Gasteiger partial charge in [-0.25, -0.2) is 14.8 Å². The third-order valence-corrected chi connectivity index (χ3v) is 3.25. The quantitative estimate of drug-likeness (QED) is 0.784. The molecule has 4 nitrogen and oxygen atoms in total. The van der Waals surface area contributed by atoms with Gasteiger partial charge in [0, 0.05) is 6.20 Å². The molecule has 0 fully saturated rings. The smallest absolute Gasteiger partial charge is 0.376 e. The molecule has 0 radical (unpaired) electrons. The van der Waals surface area contributed by atoms with E-state index < -0.39 is 5.97 Å². The van der Waals surface area contributed by atoms with E-state index in [9.17, 15) is 4.79 Å². The van der Waals surface area contributed by atoms with Gasteiger partial charge in [-0.05, 0) is 36.9 Å². The number of carbonyl (C=O) groups is 1. The van der Waals surface area contributed by atoms with Crippen LogP contribution in [0.4, 0.5) is 0 Å². The van der Waals surface area contributed by atoms with Crippen molar-refractivity contribution < 1.29 is 9.53 Å². The van der Waals surface area contributed by atoms with E-state index in [1.165, 1.54) is 0 Å². The molecule has 0 saturated heterocycles. The van der Waals surface area contributed by atoms with Crippen molar-refractivity contribution in [2.45, 2.75) is 13.8 Å². The SMILES string of the molecule is CCOC(=O)c1nccc(-c2sccc2C)n1. The molecule has 2 aromatic rings. The number of thiophene rings is 1. The average Bonchev–Trinajstić information content (AvgIpc) is 2.76. The Morgan fingerprint density at radius 1 is 1.47 bits per heavy atom. The Morgan fingerprint density at radius 2 is 2.29 bits per heavy atom. The van der Waals surface area contributed by atoms with Gasteiger partial charge in [0.05, 0.1) is 17.2 Å². The fraction of sp³-hybridized carbons (Fsp3) is 0.250. The van der Waals surface area contributed by atoms with Crippen molar-refractivity contribution in [3.8, 4) is 10.6 Å². The van der Waals surface area contributed by atoms with Crippen LogP contribution in [0, 0.1) is 6.92 Å². The molecule has 0 spiro atoms. The molecular weight excluding hydrogens is 236 g/mol. The van der Waals surface area contributed by atoms with Gasteiger partial charge >= 0.3 is 5.97 Å². The van der Waals surface area contributed by atoms with Crippen molar-refractivity contribution in [1.82, 2.24) is 9.97 Å². The molecule has 0 amide bonds. The van der Waals surface area contributed by atoms with E-state index in [2.05, 4.69) is 9.97 Å². The number of nitrogens with zero attached hydrogens (tertiary/aromatic N) is 2. The van der Waals surface area contributed by atoms with Gasteiger partial charge in [-0.2, -0.15) is 0 Å². The topological polar surface area (TPSA) is 52.1 Å². The van der Waals surface area contributed by atoms with Crippen LogP contribution in [0.25, 0.3) is 10.6 Å². The van der Waals surface area contributed by atoms with Gasteiger partial charge in [0.15, 0.2) is 0 Å². The number of aromatic nitrogens is 2. The lowest BCUT2D eigenvalue weighted by atomic mass is 10.2. The van der Waals surface area contributed by atoms with Crippen molar-refractivity contribution >= 4 is 17.3 Å². The molecule has 2 rings (SSSR count). The summed E-state index contributed by atoms with van der Waals surface area (Å²) in [5.74, 6) is -0.374. The molecule has 88 valence electrons. The summed E-state index contributed by atoms with van der Waals surface area (Å²) in [6.07, 6.45) is 1.58. The zero-order valence-electron chi connectivity index (χ0n) is 9.64. The fourth-order valence-electron chi connectivity index (χ4n) is 1.41. The lowest BCUT2D eigenvalue weighted by Gasteiger charge is -2.02. The van der Waals surface area contributed by atoms with Crippen molar-refractivity contribution in [3.63, 3.8) is 0 Å². The second-order valence-corrected chi connectivity index (χ2v) is 4.33. The lowest BCUT2D eigenvalue weighted by molar-refractivity contribution is 0.0512. The summed E-state index contributed by atoms with van der Waals surface area (Å²) >= 11 is 1.59. The van der Waals surface area contributed by atoms with Crippen LogP contribution in [-0.4, -0.2) is 22.5 Å². The van der Waals surface area contributed by atoms with Gasteiger partial charge < -0.3 is 4.74 Å². The maximum absolute atomic E-state index is 11.5. The largest absolute Gasteiger partial charge is 0.460 e. The summed E-state index contributed by atoms with van der Waals surface area (Å²) in [4.78, 5) is 20.7. The van der Waals surface area contributed by atoms with Crippen LogP contribution in [0.3, 0.4) is 0 Å². The molecule has 0 atom stereocenters. The number of carbonyl (C=O) groups excluding carboxylic acids is 1. The van der Waals surface area contributed by atoms with Crippen LogP contribution in [0.15, 0.2) is 23.7 Å². The van der Waals surface area contributed by atoms with Crippen LogP contribution in [0.5, 0.6) is 0 Å². The van der Waals surface area contributed by atoms with Gasteiger partial charge in [0.1, 0.15) is 0 Å². The van der Waals surface area contributed by atoms with Gasteiger partial charge in [-0.3, -0.25) is 0 Å². The van der Waals surface area contributed by atoms with Crippen molar-refractivity contribution in [2.75, 3.05) is 6.61 Å². The highest BCUT2D eigenvalue weighted by Crippen LogP contribution is 2.26. The Hall–Kier alpha value is -1.75. The Balaban J connectivity index is 2.35. The zero-order valence-corrected chi connectivity index (χ0v) is 10.5. The van der Waals surface area contributed by atoms with Crippen molar-refractivity contribution in [2.24, 2.45) is 0 Å². The van der Waals surface area contributed by atoms with Crippen LogP contribution in [0.2, 0.25) is 0 Å². The summed E-state index contributed by atoms with van der Waals surface area (Å²) in [6.45, 7) is 4.09. The van der Waals surface area contributed by atoms with Crippen LogP contribution < -0.4 is 0 Å². The van der Waals surface area contributed by atoms with Crippen LogP contribution in [0.1, 0.15) is 23.1 Å². The van der Waals surface area contributed by atoms with Crippen molar-refractivity contribution in [1.29, 1.82) is 0 Å². The van der Waals surface area contributed by atoms with Gasteiger partial charge in [-0.15, -0.1) is 11.3 Å². The molecular formula is C12H12N2O2S. The Morgan fingerprint density at radius 3 is 2.94 bits per heavy atom. The van der Waals surface area contributed by atoms with E-state index >= 15 is 0 Å². The molecule has 2 heterocycles. The summed E-state index contributed by atoms with van der Waals surface area (Å²) in [5, 5.41) is 2.00. The summed E-state index contributed by atoms with van der Waals surface area (Å²) in [7, 11) is 0. The average molecular weight is 248 g/mol. The highest BCUT2D eigenvalue weighted by molar-refractivity contribution is 7.13. The molecule has 0 aliphatic heterocycles. The van der Waals surface area contributed by atoms with Crippen LogP contribution in [-0.2, 0) is 4.74 Å². The number of hydrogen-bond donors (Lipinski definition) is 0. The van der Waals surface area contributed by atoms with Gasteiger partial charge in [0.2, 0.25) is 5.82 Å². The standard InChI is InChI=1S/C12H12N2O2S/c1-3-16-12(15)11-13-6-4-9(14-11)10-8(2)5-7-17-10/h4-7H,3H2,1-2H3. The predicted octanol–water partition coefficient (Wildman–Crippen LogP) is 2.69. The summed E-state index contributed by atoms with van der Waals surface area (Å²) in [6, 6.07) is 3.81. The Bertz CT molecular complexity index is 537. The van der Waals surface area contributed by atoms with E-state index in [0.29, 0.717) is 6.61 Å². The number of aryl methyl sites for hydroxylation is 1. The second-order valence-electron chi connectivity index (χ2n) is 3.42. The van der Waals surface area contributed by atoms with E-state index in [0.717, 1.165) is 16.1 Å². The first kappa shape index (κ1) is 11.7. The van der Waals surface area contributed by atoms with E-state index in [-0.39, 0.29) is 5.82 Å². The highest BCUT2D eigenvalue weighted by atomic mass is 32.1. The first-order valence-electron chi connectivity index (χ1n) is 5.27. The molecule has 0 bridgehead atoms. The predicted molar refractivity (Wildman–Crippen MR) is 66.0 cm³/mol. The minimum Gasteiger partial charge on any atom is -0.460 e. The van der Waals surface area contributed by atoms with E-state index in [4.69, 9.17) is 4.74 Å². The van der Waals surface area contributed by atoms with E-state index in [1.807, 2.05) is 18.4 Å². The fourth-order valence-corrected chi connectivity index (χ4v) is 2.31. The first-order chi connectivity index (χ1) is 8.22. The monoisotopic (exact) mass is 248 g/mol. The lowest BCUT2D eigenvalue weighted by Crippen LogP contribution is -2.09. The molecule has 2 aromatic heterocycles. The zero-order chi connectivity index (χ0) is 12.3. The first-order valence-corrected chi connectivity index (χ1v) is 6.15. The van der Waals surface area contributed by atoms with Crippen molar-refractivity contribution in [3.05, 3.63) is 35.1 Å². The summed E-state index contributed by atoms with van der Waals surface area (Å²) < 4.78 is 4.87. The minimum atomic E-state index is -0.483. The minimum absolute atomic E-state index is 0.108. The third-order valence-electron chi connectivity index (χ3n) is 2.21. The Kier molecular flexibility index (Phi) is 3.49. The number of ether oxygens (including phenoxy) is 1. The number of rotatable bonds is 3. The Labute approximate surface area is 103 Å². The van der Waals surface area contributed by atoms with Gasteiger partial charge in [0.25, 0.3) is 0 Å².